The molecule has 2 aliphatic rings. The number of carboxylic acids is 1. The maximum atomic E-state index is 10.5. The number of unbranched alkanes of at least 4 members (excludes halogenated alkanes) is 2. The molecule has 144 valence electrons. The first-order valence-corrected chi connectivity index (χ1v) is 11.0. The van der Waals surface area contributed by atoms with Crippen molar-refractivity contribution in [2.45, 2.75) is 83.0 Å². The molecule has 2 fully saturated rings. The van der Waals surface area contributed by atoms with Gasteiger partial charge < -0.3 is 14.9 Å². The van der Waals surface area contributed by atoms with Crippen LogP contribution in [0.3, 0.4) is 0 Å². The number of fused-ring (bicyclic) bond motifs is 2. The zero-order valence-electron chi connectivity index (χ0n) is 15.4. The summed E-state index contributed by atoms with van der Waals surface area (Å²) in [5, 5.41) is 18.7. The second-order valence-corrected chi connectivity index (χ2v) is 8.52. The van der Waals surface area contributed by atoms with Gasteiger partial charge in [-0.05, 0) is 56.1 Å². The van der Waals surface area contributed by atoms with Gasteiger partial charge in [-0.1, -0.05) is 31.9 Å². The maximum absolute atomic E-state index is 10.5. The fraction of sp³-hybridized carbons (Fsp3) is 0.850. The molecule has 5 atom stereocenters. The summed E-state index contributed by atoms with van der Waals surface area (Å²) in [4.78, 5) is 10.5. The molecule has 25 heavy (non-hydrogen) atoms. The summed E-state index contributed by atoms with van der Waals surface area (Å²) < 4.78 is 6.14. The summed E-state index contributed by atoms with van der Waals surface area (Å²) in [5.41, 5.74) is 0. The molecule has 4 nitrogen and oxygen atoms in total. The SMILES string of the molecule is CCCCC(O)CSC[C@@H]1[C@H](CC=CCCCC(=O)O)[C@@H]2CC[C@H]1O2. The lowest BCUT2D eigenvalue weighted by Gasteiger charge is -2.27. The van der Waals surface area contributed by atoms with Crippen LogP contribution in [-0.4, -0.2) is 46.0 Å². The van der Waals surface area contributed by atoms with Crippen molar-refractivity contribution in [1.82, 2.24) is 0 Å². The molecule has 0 radical (unpaired) electrons. The third-order valence-electron chi connectivity index (χ3n) is 5.44. The fourth-order valence-corrected chi connectivity index (χ4v) is 5.34. The minimum atomic E-state index is -0.715. The largest absolute Gasteiger partial charge is 0.481 e. The maximum Gasteiger partial charge on any atom is 0.303 e. The zero-order chi connectivity index (χ0) is 18.1. The number of allylic oxidation sites excluding steroid dienone is 2. The van der Waals surface area contributed by atoms with Crippen LogP contribution in [0.4, 0.5) is 0 Å². The Hall–Kier alpha value is -0.520. The lowest BCUT2D eigenvalue weighted by molar-refractivity contribution is -0.137. The van der Waals surface area contributed by atoms with Crippen LogP contribution in [0.25, 0.3) is 0 Å². The summed E-state index contributed by atoms with van der Waals surface area (Å²) in [6, 6.07) is 0. The van der Waals surface area contributed by atoms with Gasteiger partial charge in [-0.2, -0.15) is 11.8 Å². The van der Waals surface area contributed by atoms with E-state index in [1.165, 1.54) is 12.8 Å². The summed E-state index contributed by atoms with van der Waals surface area (Å²) in [5.74, 6) is 2.40. The molecule has 0 aromatic heterocycles. The Bertz CT molecular complexity index is 426. The number of aliphatic hydroxyl groups is 1. The molecule has 2 saturated heterocycles. The smallest absolute Gasteiger partial charge is 0.303 e. The molecule has 2 N–H and O–H groups in total. The van der Waals surface area contributed by atoms with E-state index in [9.17, 15) is 9.90 Å². The van der Waals surface area contributed by atoms with Crippen LogP contribution in [0.2, 0.25) is 0 Å². The van der Waals surface area contributed by atoms with Gasteiger partial charge in [0.2, 0.25) is 0 Å². The molecule has 2 heterocycles. The molecule has 5 heteroatoms. The molecule has 0 aliphatic carbocycles. The standard InChI is InChI=1S/C20H34O4S/c1-2-3-8-15(21)13-25-14-17-16(18-11-12-19(17)24-18)9-6-4-5-7-10-20(22)23/h4,6,15-19,21H,2-3,5,7-14H2,1H3,(H,22,23)/t15?,16-,17+,18-,19+/m0/s1. The van der Waals surface area contributed by atoms with E-state index < -0.39 is 5.97 Å². The number of thioether (sulfide) groups is 1. The van der Waals surface area contributed by atoms with Gasteiger partial charge in [0, 0.05) is 12.2 Å². The van der Waals surface area contributed by atoms with E-state index in [2.05, 4.69) is 19.1 Å². The first kappa shape index (κ1) is 20.8. The number of carbonyl (C=O) groups is 1. The molecular formula is C20H34O4S. The van der Waals surface area contributed by atoms with Crippen LogP contribution >= 0.6 is 11.8 Å². The number of hydrogen-bond acceptors (Lipinski definition) is 4. The number of aliphatic hydroxyl groups excluding tert-OH is 1. The summed E-state index contributed by atoms with van der Waals surface area (Å²) in [6.45, 7) is 2.16. The average molecular weight is 371 g/mol. The predicted molar refractivity (Wildman–Crippen MR) is 103 cm³/mol. The van der Waals surface area contributed by atoms with Gasteiger partial charge in [0.15, 0.2) is 0 Å². The van der Waals surface area contributed by atoms with E-state index in [1.54, 1.807) is 0 Å². The molecule has 2 aliphatic heterocycles. The number of aliphatic carboxylic acids is 1. The normalized spacial score (nSPS) is 29.5. The molecule has 0 aromatic carbocycles. The fourth-order valence-electron chi connectivity index (χ4n) is 4.03. The molecule has 0 aromatic rings. The first-order valence-electron chi connectivity index (χ1n) is 9.89. The van der Waals surface area contributed by atoms with Crippen molar-refractivity contribution in [2.24, 2.45) is 11.8 Å². The van der Waals surface area contributed by atoms with Crippen molar-refractivity contribution >= 4 is 17.7 Å². The Kier molecular flexibility index (Phi) is 9.35. The minimum absolute atomic E-state index is 0.169. The third-order valence-corrected chi connectivity index (χ3v) is 6.68. The Morgan fingerprint density at radius 2 is 2.00 bits per heavy atom. The third kappa shape index (κ3) is 6.95. The average Bonchev–Trinajstić information content (AvgIpc) is 3.18. The van der Waals surface area contributed by atoms with E-state index in [1.807, 2.05) is 11.8 Å². The molecule has 0 spiro atoms. The van der Waals surface area contributed by atoms with Crippen LogP contribution in [0.5, 0.6) is 0 Å². The van der Waals surface area contributed by atoms with E-state index >= 15 is 0 Å². The van der Waals surface area contributed by atoms with Crippen molar-refractivity contribution < 1.29 is 19.7 Å². The van der Waals surface area contributed by atoms with Crippen LogP contribution in [0.15, 0.2) is 12.2 Å². The lowest BCUT2D eigenvalue weighted by Crippen LogP contribution is -2.29. The predicted octanol–water partition coefficient (Wildman–Crippen LogP) is 4.27. The van der Waals surface area contributed by atoms with E-state index in [0.29, 0.717) is 30.5 Å². The van der Waals surface area contributed by atoms with Crippen molar-refractivity contribution in [2.75, 3.05) is 11.5 Å². The first-order chi connectivity index (χ1) is 12.1. The van der Waals surface area contributed by atoms with Crippen molar-refractivity contribution in [3.8, 4) is 0 Å². The number of carboxylic acid groups (broad SMARTS) is 1. The molecule has 2 rings (SSSR count). The van der Waals surface area contributed by atoms with Crippen LogP contribution < -0.4 is 0 Å². The number of ether oxygens (including phenoxy) is 1. The van der Waals surface area contributed by atoms with Crippen molar-refractivity contribution in [1.29, 1.82) is 0 Å². The minimum Gasteiger partial charge on any atom is -0.481 e. The summed E-state index contributed by atoms with van der Waals surface area (Å²) in [7, 11) is 0. The highest BCUT2D eigenvalue weighted by atomic mass is 32.2. The Morgan fingerprint density at radius 1 is 1.24 bits per heavy atom. The highest BCUT2D eigenvalue weighted by Gasteiger charge is 2.47. The molecular weight excluding hydrogens is 336 g/mol. The van der Waals surface area contributed by atoms with Gasteiger partial charge in [-0.25, -0.2) is 0 Å². The second kappa shape index (κ2) is 11.2. The second-order valence-electron chi connectivity index (χ2n) is 7.44. The highest BCUT2D eigenvalue weighted by Crippen LogP contribution is 2.46. The van der Waals surface area contributed by atoms with E-state index in [4.69, 9.17) is 9.84 Å². The van der Waals surface area contributed by atoms with Gasteiger partial charge in [-0.15, -0.1) is 0 Å². The Morgan fingerprint density at radius 3 is 2.72 bits per heavy atom. The van der Waals surface area contributed by atoms with Crippen LogP contribution in [-0.2, 0) is 9.53 Å². The van der Waals surface area contributed by atoms with Crippen molar-refractivity contribution in [3.63, 3.8) is 0 Å². The lowest BCUT2D eigenvalue weighted by atomic mass is 9.78. The van der Waals surface area contributed by atoms with Gasteiger partial charge in [-0.3, -0.25) is 4.79 Å². The molecule has 0 saturated carbocycles. The van der Waals surface area contributed by atoms with Crippen LogP contribution in [0, 0.1) is 11.8 Å². The number of hydrogen-bond donors (Lipinski definition) is 2. The quantitative estimate of drug-likeness (QED) is 0.374. The molecule has 0 amide bonds. The highest BCUT2D eigenvalue weighted by molar-refractivity contribution is 7.99. The zero-order valence-corrected chi connectivity index (χ0v) is 16.3. The molecule has 2 bridgehead atoms. The monoisotopic (exact) mass is 370 g/mol. The van der Waals surface area contributed by atoms with E-state index in [0.717, 1.165) is 43.6 Å². The Labute approximate surface area is 156 Å². The van der Waals surface area contributed by atoms with Gasteiger partial charge in [0.1, 0.15) is 0 Å². The van der Waals surface area contributed by atoms with Crippen LogP contribution in [0.1, 0.15) is 64.7 Å². The number of rotatable bonds is 13. The van der Waals surface area contributed by atoms with Gasteiger partial charge in [0.25, 0.3) is 0 Å². The van der Waals surface area contributed by atoms with Gasteiger partial charge in [0.05, 0.1) is 18.3 Å². The Balaban J connectivity index is 1.69. The van der Waals surface area contributed by atoms with Gasteiger partial charge >= 0.3 is 5.97 Å². The van der Waals surface area contributed by atoms with E-state index in [-0.39, 0.29) is 12.5 Å². The topological polar surface area (TPSA) is 66.8 Å². The molecule has 1 unspecified atom stereocenters. The summed E-state index contributed by atoms with van der Waals surface area (Å²) in [6.07, 6.45) is 13.4. The summed E-state index contributed by atoms with van der Waals surface area (Å²) >= 11 is 1.88. The van der Waals surface area contributed by atoms with Crippen molar-refractivity contribution in [3.05, 3.63) is 12.2 Å².